The molecule has 5 nitrogen and oxygen atoms in total. The molecule has 0 heterocycles. The van der Waals surface area contributed by atoms with E-state index in [9.17, 15) is 9.59 Å². The van der Waals surface area contributed by atoms with Gasteiger partial charge in [0, 0.05) is 24.8 Å². The molecule has 0 spiro atoms. The van der Waals surface area contributed by atoms with E-state index in [1.807, 2.05) is 54.6 Å². The topological polar surface area (TPSA) is 58.6 Å². The summed E-state index contributed by atoms with van der Waals surface area (Å²) in [5.41, 5.74) is 3.34. The molecule has 3 aromatic carbocycles. The van der Waals surface area contributed by atoms with Crippen molar-refractivity contribution in [1.82, 2.24) is 4.90 Å². The van der Waals surface area contributed by atoms with Crippen molar-refractivity contribution >= 4 is 17.5 Å². The summed E-state index contributed by atoms with van der Waals surface area (Å²) >= 11 is 0. The SMILES string of the molecule is CC(Oc1ccc(C(C)C)cc1)C(=O)Nc1cccc(C(=O)N(C)Cc2ccccc2)c1. The highest BCUT2D eigenvalue weighted by Gasteiger charge is 2.17. The minimum atomic E-state index is -0.681. The van der Waals surface area contributed by atoms with Gasteiger partial charge in [-0.1, -0.05) is 62.4 Å². The summed E-state index contributed by atoms with van der Waals surface area (Å²) in [5, 5.41) is 2.84. The molecule has 0 radical (unpaired) electrons. The van der Waals surface area contributed by atoms with Gasteiger partial charge in [0.2, 0.25) is 0 Å². The highest BCUT2D eigenvalue weighted by Crippen LogP contribution is 2.20. The number of hydrogen-bond acceptors (Lipinski definition) is 3. The Kier molecular flexibility index (Phi) is 7.66. The predicted octanol–water partition coefficient (Wildman–Crippen LogP) is 5.49. The lowest BCUT2D eigenvalue weighted by molar-refractivity contribution is -0.122. The summed E-state index contributed by atoms with van der Waals surface area (Å²) in [7, 11) is 1.76. The van der Waals surface area contributed by atoms with Crippen LogP contribution in [-0.2, 0) is 11.3 Å². The fourth-order valence-corrected chi connectivity index (χ4v) is 3.31. The number of nitrogens with zero attached hydrogens (tertiary/aromatic N) is 1. The predicted molar refractivity (Wildman–Crippen MR) is 128 cm³/mol. The van der Waals surface area contributed by atoms with Crippen LogP contribution in [0.25, 0.3) is 0 Å². The van der Waals surface area contributed by atoms with E-state index in [1.165, 1.54) is 5.56 Å². The maximum absolute atomic E-state index is 12.8. The number of hydrogen-bond donors (Lipinski definition) is 1. The van der Waals surface area contributed by atoms with Crippen LogP contribution in [0.15, 0.2) is 78.9 Å². The zero-order chi connectivity index (χ0) is 23.1. The van der Waals surface area contributed by atoms with E-state index in [4.69, 9.17) is 4.74 Å². The number of nitrogens with one attached hydrogen (secondary N) is 1. The molecule has 0 bridgehead atoms. The molecule has 5 heteroatoms. The van der Waals surface area contributed by atoms with E-state index < -0.39 is 6.10 Å². The molecule has 1 N–H and O–H groups in total. The zero-order valence-corrected chi connectivity index (χ0v) is 19.0. The van der Waals surface area contributed by atoms with Gasteiger partial charge in [0.1, 0.15) is 5.75 Å². The lowest BCUT2D eigenvalue weighted by atomic mass is 10.0. The lowest BCUT2D eigenvalue weighted by Gasteiger charge is -2.18. The van der Waals surface area contributed by atoms with Crippen LogP contribution in [0.3, 0.4) is 0 Å². The van der Waals surface area contributed by atoms with Crippen molar-refractivity contribution in [2.24, 2.45) is 0 Å². The molecule has 0 fully saturated rings. The number of carbonyl (C=O) groups excluding carboxylic acids is 2. The molecule has 0 saturated carbocycles. The van der Waals surface area contributed by atoms with Gasteiger partial charge in [-0.3, -0.25) is 9.59 Å². The van der Waals surface area contributed by atoms with E-state index in [1.54, 1.807) is 43.1 Å². The summed E-state index contributed by atoms with van der Waals surface area (Å²) in [6, 6.07) is 24.5. The minimum Gasteiger partial charge on any atom is -0.481 e. The minimum absolute atomic E-state index is 0.112. The van der Waals surface area contributed by atoms with Crippen molar-refractivity contribution in [2.75, 3.05) is 12.4 Å². The Morgan fingerprint density at radius 3 is 2.25 bits per heavy atom. The second-order valence-corrected chi connectivity index (χ2v) is 8.20. The van der Waals surface area contributed by atoms with Gasteiger partial charge in [-0.25, -0.2) is 0 Å². The summed E-state index contributed by atoms with van der Waals surface area (Å²) in [6.07, 6.45) is -0.681. The van der Waals surface area contributed by atoms with Gasteiger partial charge >= 0.3 is 0 Å². The van der Waals surface area contributed by atoms with Crippen LogP contribution in [-0.4, -0.2) is 29.9 Å². The van der Waals surface area contributed by atoms with Crippen LogP contribution in [0.5, 0.6) is 5.75 Å². The van der Waals surface area contributed by atoms with E-state index >= 15 is 0 Å². The van der Waals surface area contributed by atoms with Gasteiger partial charge in [0.25, 0.3) is 11.8 Å². The number of carbonyl (C=O) groups is 2. The highest BCUT2D eigenvalue weighted by atomic mass is 16.5. The Bertz CT molecular complexity index is 1050. The summed E-state index contributed by atoms with van der Waals surface area (Å²) in [4.78, 5) is 27.1. The Balaban J connectivity index is 1.60. The van der Waals surface area contributed by atoms with Gasteiger partial charge in [-0.15, -0.1) is 0 Å². The number of benzene rings is 3. The Morgan fingerprint density at radius 2 is 1.59 bits per heavy atom. The third kappa shape index (κ3) is 6.20. The summed E-state index contributed by atoms with van der Waals surface area (Å²) in [5.74, 6) is 0.690. The van der Waals surface area contributed by atoms with Crippen molar-refractivity contribution in [3.63, 3.8) is 0 Å². The maximum Gasteiger partial charge on any atom is 0.265 e. The molecule has 3 aromatic rings. The van der Waals surface area contributed by atoms with Gasteiger partial charge in [-0.2, -0.15) is 0 Å². The average Bonchev–Trinajstić information content (AvgIpc) is 2.79. The Labute approximate surface area is 190 Å². The van der Waals surface area contributed by atoms with Crippen LogP contribution in [0.2, 0.25) is 0 Å². The van der Waals surface area contributed by atoms with Crippen molar-refractivity contribution in [3.05, 3.63) is 95.6 Å². The van der Waals surface area contributed by atoms with Crippen molar-refractivity contribution < 1.29 is 14.3 Å². The van der Waals surface area contributed by atoms with E-state index in [0.717, 1.165) is 5.56 Å². The van der Waals surface area contributed by atoms with E-state index in [0.29, 0.717) is 29.5 Å². The van der Waals surface area contributed by atoms with Gasteiger partial charge in [-0.05, 0) is 54.3 Å². The van der Waals surface area contributed by atoms with Crippen molar-refractivity contribution in [2.45, 2.75) is 39.3 Å². The molecular formula is C27H30N2O3. The molecular weight excluding hydrogens is 400 g/mol. The number of rotatable bonds is 8. The molecule has 1 unspecified atom stereocenters. The molecule has 0 aliphatic carbocycles. The first-order chi connectivity index (χ1) is 15.3. The molecule has 0 aliphatic rings. The molecule has 1 atom stereocenters. The monoisotopic (exact) mass is 430 g/mol. The zero-order valence-electron chi connectivity index (χ0n) is 19.0. The fraction of sp³-hybridized carbons (Fsp3) is 0.259. The largest absolute Gasteiger partial charge is 0.481 e. The summed E-state index contributed by atoms with van der Waals surface area (Å²) < 4.78 is 5.78. The fourth-order valence-electron chi connectivity index (χ4n) is 3.31. The van der Waals surface area contributed by atoms with Crippen LogP contribution >= 0.6 is 0 Å². The molecule has 32 heavy (non-hydrogen) atoms. The third-order valence-corrected chi connectivity index (χ3v) is 5.22. The van der Waals surface area contributed by atoms with Crippen LogP contribution in [0.4, 0.5) is 5.69 Å². The van der Waals surface area contributed by atoms with Gasteiger partial charge < -0.3 is 15.0 Å². The first-order valence-electron chi connectivity index (χ1n) is 10.8. The van der Waals surface area contributed by atoms with Crippen molar-refractivity contribution in [3.8, 4) is 5.75 Å². The van der Waals surface area contributed by atoms with Crippen LogP contribution in [0.1, 0.15) is 48.2 Å². The molecule has 166 valence electrons. The van der Waals surface area contributed by atoms with Crippen LogP contribution < -0.4 is 10.1 Å². The maximum atomic E-state index is 12.8. The molecule has 2 amide bonds. The lowest BCUT2D eigenvalue weighted by Crippen LogP contribution is -2.30. The number of anilines is 1. The molecule has 0 saturated heterocycles. The normalized spacial score (nSPS) is 11.7. The van der Waals surface area contributed by atoms with Crippen molar-refractivity contribution in [1.29, 1.82) is 0 Å². The third-order valence-electron chi connectivity index (χ3n) is 5.22. The van der Waals surface area contributed by atoms with E-state index in [-0.39, 0.29) is 11.8 Å². The molecule has 0 aliphatic heterocycles. The molecule has 3 rings (SSSR count). The second-order valence-electron chi connectivity index (χ2n) is 8.20. The van der Waals surface area contributed by atoms with Gasteiger partial charge in [0.05, 0.1) is 0 Å². The average molecular weight is 431 g/mol. The molecule has 0 aromatic heterocycles. The first-order valence-corrected chi connectivity index (χ1v) is 10.8. The Morgan fingerprint density at radius 1 is 0.906 bits per heavy atom. The Hall–Kier alpha value is -3.60. The summed E-state index contributed by atoms with van der Waals surface area (Å²) in [6.45, 7) is 6.47. The first kappa shape index (κ1) is 23.1. The number of ether oxygens (including phenoxy) is 1. The standard InChI is InChI=1S/C27H30N2O3/c1-19(2)22-13-15-25(16-14-22)32-20(3)26(30)28-24-12-8-11-23(17-24)27(31)29(4)18-21-9-6-5-7-10-21/h5-17,19-20H,18H2,1-4H3,(H,28,30). The van der Waals surface area contributed by atoms with Gasteiger partial charge in [0.15, 0.2) is 6.10 Å². The van der Waals surface area contributed by atoms with Crippen LogP contribution in [0, 0.1) is 0 Å². The smallest absolute Gasteiger partial charge is 0.265 e. The second kappa shape index (κ2) is 10.6. The quantitative estimate of drug-likeness (QED) is 0.514. The number of amides is 2. The van der Waals surface area contributed by atoms with E-state index in [2.05, 4.69) is 19.2 Å². The highest BCUT2D eigenvalue weighted by molar-refractivity contribution is 5.98.